The molecule has 5 heteroatoms. The van der Waals surface area contributed by atoms with E-state index in [-0.39, 0.29) is 5.75 Å². The molecule has 21 heavy (non-hydrogen) atoms. The lowest BCUT2D eigenvalue weighted by atomic mass is 10.2. The Morgan fingerprint density at radius 1 is 1.24 bits per heavy atom. The molecular formula is C16H24N2O2S. The summed E-state index contributed by atoms with van der Waals surface area (Å²) in [5.41, 5.74) is 2.46. The van der Waals surface area contributed by atoms with E-state index in [4.69, 9.17) is 0 Å². The van der Waals surface area contributed by atoms with Gasteiger partial charge in [0.05, 0.1) is 5.75 Å². The summed E-state index contributed by atoms with van der Waals surface area (Å²) in [6, 6.07) is 8.30. The molecule has 0 spiro atoms. The number of sulfone groups is 1. The Kier molecular flexibility index (Phi) is 5.42. The van der Waals surface area contributed by atoms with E-state index < -0.39 is 9.84 Å². The molecular weight excluding hydrogens is 284 g/mol. The van der Waals surface area contributed by atoms with Gasteiger partial charge in [0.2, 0.25) is 0 Å². The molecule has 0 atom stereocenters. The first kappa shape index (κ1) is 16.0. The highest BCUT2D eigenvalue weighted by Gasteiger charge is 2.08. The zero-order chi connectivity index (χ0) is 15.3. The lowest BCUT2D eigenvalue weighted by molar-refractivity contribution is 0.593. The minimum absolute atomic E-state index is 0.239. The minimum atomic E-state index is -2.88. The molecule has 0 fully saturated rings. The number of fused-ring (bicyclic) bond motifs is 1. The van der Waals surface area contributed by atoms with E-state index in [9.17, 15) is 8.42 Å². The number of para-hydroxylation sites is 1. The monoisotopic (exact) mass is 308 g/mol. The number of aromatic nitrogens is 1. The van der Waals surface area contributed by atoms with Gasteiger partial charge in [-0.3, -0.25) is 0 Å². The average Bonchev–Trinajstić information content (AvgIpc) is 2.77. The minimum Gasteiger partial charge on any atom is -0.347 e. The second-order valence-electron chi connectivity index (χ2n) is 5.53. The lowest BCUT2D eigenvalue weighted by Gasteiger charge is -2.04. The van der Waals surface area contributed by atoms with Gasteiger partial charge in [-0.05, 0) is 31.0 Å². The Morgan fingerprint density at radius 2 is 2.00 bits per heavy atom. The fourth-order valence-electron chi connectivity index (χ4n) is 2.55. The van der Waals surface area contributed by atoms with Gasteiger partial charge >= 0.3 is 0 Å². The van der Waals surface area contributed by atoms with E-state index >= 15 is 0 Å². The van der Waals surface area contributed by atoms with Crippen molar-refractivity contribution in [2.24, 2.45) is 0 Å². The van der Waals surface area contributed by atoms with Gasteiger partial charge in [-0.1, -0.05) is 25.1 Å². The van der Waals surface area contributed by atoms with E-state index in [0.717, 1.165) is 26.1 Å². The van der Waals surface area contributed by atoms with Crippen LogP contribution in [0.25, 0.3) is 10.9 Å². The van der Waals surface area contributed by atoms with E-state index in [1.54, 1.807) is 0 Å². The van der Waals surface area contributed by atoms with Gasteiger partial charge in [0.15, 0.2) is 0 Å². The normalized spacial score (nSPS) is 12.1. The first-order valence-corrected chi connectivity index (χ1v) is 9.52. The van der Waals surface area contributed by atoms with Crippen LogP contribution in [-0.2, 0) is 22.9 Å². The molecule has 1 N–H and O–H groups in total. The zero-order valence-electron chi connectivity index (χ0n) is 12.8. The molecule has 1 heterocycles. The Balaban J connectivity index is 2.15. The molecule has 0 saturated heterocycles. The van der Waals surface area contributed by atoms with Crippen molar-refractivity contribution in [2.75, 3.05) is 18.6 Å². The summed E-state index contributed by atoms with van der Waals surface area (Å²) in [6.07, 6.45) is 5.21. The topological polar surface area (TPSA) is 51.1 Å². The largest absolute Gasteiger partial charge is 0.347 e. The molecule has 1 aromatic carbocycles. The van der Waals surface area contributed by atoms with Crippen LogP contribution in [0.2, 0.25) is 0 Å². The maximum Gasteiger partial charge on any atom is 0.147 e. The molecule has 0 aliphatic heterocycles. The number of aryl methyl sites for hydroxylation is 1. The van der Waals surface area contributed by atoms with Gasteiger partial charge in [-0.2, -0.15) is 0 Å². The summed E-state index contributed by atoms with van der Waals surface area (Å²) in [6.45, 7) is 4.75. The number of nitrogens with one attached hydrogen (secondary N) is 1. The van der Waals surface area contributed by atoms with Gasteiger partial charge in [-0.25, -0.2) is 8.42 Å². The van der Waals surface area contributed by atoms with E-state index in [2.05, 4.69) is 35.1 Å². The van der Waals surface area contributed by atoms with Crippen molar-refractivity contribution in [3.05, 3.63) is 36.0 Å². The molecule has 0 radical (unpaired) electrons. The molecule has 116 valence electrons. The molecule has 4 nitrogen and oxygen atoms in total. The van der Waals surface area contributed by atoms with Gasteiger partial charge < -0.3 is 9.88 Å². The lowest BCUT2D eigenvalue weighted by Crippen LogP contribution is -2.13. The Labute approximate surface area is 127 Å². The maximum atomic E-state index is 11.2. The Bertz CT molecular complexity index is 689. The van der Waals surface area contributed by atoms with Gasteiger partial charge in [0.25, 0.3) is 0 Å². The molecule has 0 aliphatic rings. The summed E-state index contributed by atoms with van der Waals surface area (Å²) < 4.78 is 24.7. The van der Waals surface area contributed by atoms with Crippen molar-refractivity contribution in [2.45, 2.75) is 32.9 Å². The highest BCUT2D eigenvalue weighted by molar-refractivity contribution is 7.90. The highest BCUT2D eigenvalue weighted by Crippen LogP contribution is 2.21. The zero-order valence-corrected chi connectivity index (χ0v) is 13.6. The third-order valence-electron chi connectivity index (χ3n) is 3.53. The standard InChI is InChI=1S/C16H24N2O2S/c1-3-9-17-12-14-13-18(10-6-11-21(2,19)20)16-8-5-4-7-15(14)16/h4-5,7-8,13,17H,3,6,9-12H2,1-2H3. The summed E-state index contributed by atoms with van der Waals surface area (Å²) in [5.74, 6) is 0.239. The average molecular weight is 308 g/mol. The Morgan fingerprint density at radius 3 is 2.71 bits per heavy atom. The Hall–Kier alpha value is -1.33. The smallest absolute Gasteiger partial charge is 0.147 e. The van der Waals surface area contributed by atoms with Crippen LogP contribution in [0.4, 0.5) is 0 Å². The van der Waals surface area contributed by atoms with Crippen LogP contribution in [0.15, 0.2) is 30.5 Å². The first-order valence-electron chi connectivity index (χ1n) is 7.46. The van der Waals surface area contributed by atoms with E-state index in [1.807, 2.05) is 12.1 Å². The summed E-state index contributed by atoms with van der Waals surface area (Å²) in [5, 5.41) is 4.68. The van der Waals surface area contributed by atoms with E-state index in [1.165, 1.54) is 22.7 Å². The van der Waals surface area contributed by atoms with Crippen molar-refractivity contribution in [3.63, 3.8) is 0 Å². The molecule has 0 saturated carbocycles. The van der Waals surface area contributed by atoms with Crippen molar-refractivity contribution in [3.8, 4) is 0 Å². The van der Waals surface area contributed by atoms with Crippen LogP contribution in [0.5, 0.6) is 0 Å². The van der Waals surface area contributed by atoms with Crippen LogP contribution in [0.1, 0.15) is 25.3 Å². The van der Waals surface area contributed by atoms with Crippen LogP contribution in [0, 0.1) is 0 Å². The first-order chi connectivity index (χ1) is 10.0. The fourth-order valence-corrected chi connectivity index (χ4v) is 3.20. The quantitative estimate of drug-likeness (QED) is 0.763. The molecule has 1 aromatic heterocycles. The second kappa shape index (κ2) is 7.09. The van der Waals surface area contributed by atoms with E-state index in [0.29, 0.717) is 6.42 Å². The number of hydrogen-bond donors (Lipinski definition) is 1. The number of hydrogen-bond acceptors (Lipinski definition) is 3. The third-order valence-corrected chi connectivity index (χ3v) is 4.56. The van der Waals surface area contributed by atoms with Crippen molar-refractivity contribution in [1.82, 2.24) is 9.88 Å². The van der Waals surface area contributed by atoms with Gasteiger partial charge in [0, 0.05) is 36.4 Å². The summed E-state index contributed by atoms with van der Waals surface area (Å²) >= 11 is 0. The molecule has 2 rings (SSSR count). The van der Waals surface area contributed by atoms with Gasteiger partial charge in [0.1, 0.15) is 9.84 Å². The predicted octanol–water partition coefficient (Wildman–Crippen LogP) is 2.58. The molecule has 0 amide bonds. The molecule has 0 unspecified atom stereocenters. The molecule has 0 aliphatic carbocycles. The third kappa shape index (κ3) is 4.58. The molecule has 0 bridgehead atoms. The fraction of sp³-hybridized carbons (Fsp3) is 0.500. The van der Waals surface area contributed by atoms with Crippen molar-refractivity contribution in [1.29, 1.82) is 0 Å². The SMILES string of the molecule is CCCNCc1cn(CCCS(C)(=O)=O)c2ccccc12. The van der Waals surface area contributed by atoms with Crippen molar-refractivity contribution < 1.29 is 8.42 Å². The number of rotatable bonds is 8. The van der Waals surface area contributed by atoms with Crippen LogP contribution < -0.4 is 5.32 Å². The molecule has 2 aromatic rings. The van der Waals surface area contributed by atoms with Crippen LogP contribution in [0.3, 0.4) is 0 Å². The highest BCUT2D eigenvalue weighted by atomic mass is 32.2. The predicted molar refractivity (Wildman–Crippen MR) is 88.3 cm³/mol. The number of benzene rings is 1. The van der Waals surface area contributed by atoms with Crippen LogP contribution >= 0.6 is 0 Å². The van der Waals surface area contributed by atoms with Crippen LogP contribution in [-0.4, -0.2) is 31.5 Å². The number of nitrogens with zero attached hydrogens (tertiary/aromatic N) is 1. The second-order valence-corrected chi connectivity index (χ2v) is 7.78. The summed E-state index contributed by atoms with van der Waals surface area (Å²) in [4.78, 5) is 0. The van der Waals surface area contributed by atoms with Gasteiger partial charge in [-0.15, -0.1) is 0 Å². The summed E-state index contributed by atoms with van der Waals surface area (Å²) in [7, 11) is -2.88. The maximum absolute atomic E-state index is 11.2. The van der Waals surface area contributed by atoms with Crippen molar-refractivity contribution >= 4 is 20.7 Å².